The Labute approximate surface area is 136 Å². The Kier molecular flexibility index (Phi) is 5.23. The van der Waals surface area contributed by atoms with Crippen molar-refractivity contribution in [2.45, 2.75) is 40.5 Å². The molecule has 0 bridgehead atoms. The number of likely N-dealkylation sites (tertiary alicyclic amines) is 1. The van der Waals surface area contributed by atoms with Crippen LogP contribution >= 0.6 is 0 Å². The summed E-state index contributed by atoms with van der Waals surface area (Å²) in [5.41, 5.74) is 1.96. The Morgan fingerprint density at radius 1 is 1.30 bits per heavy atom. The summed E-state index contributed by atoms with van der Waals surface area (Å²) in [7, 11) is 0. The molecule has 1 aromatic heterocycles. The number of rotatable bonds is 4. The second-order valence-electron chi connectivity index (χ2n) is 6.34. The highest BCUT2D eigenvalue weighted by Gasteiger charge is 2.24. The number of carbonyl (C=O) groups excluding carboxylic acids is 3. The van der Waals surface area contributed by atoms with Crippen molar-refractivity contribution >= 4 is 17.7 Å². The molecule has 0 aromatic carbocycles. The number of carbonyl (C=O) groups is 3. The van der Waals surface area contributed by atoms with Crippen molar-refractivity contribution in [3.05, 3.63) is 22.5 Å². The molecule has 1 aliphatic rings. The minimum Gasteiger partial charge on any atom is -0.451 e. The fourth-order valence-corrected chi connectivity index (χ4v) is 3.19. The molecule has 6 nitrogen and oxygen atoms in total. The zero-order chi connectivity index (χ0) is 17.1. The first-order valence-electron chi connectivity index (χ1n) is 7.96. The van der Waals surface area contributed by atoms with E-state index in [1.54, 1.807) is 18.7 Å². The third-order valence-corrected chi connectivity index (χ3v) is 4.33. The molecular formula is C17H24N2O4. The van der Waals surface area contributed by atoms with E-state index < -0.39 is 5.97 Å². The molecule has 2 rings (SSSR count). The topological polar surface area (TPSA) is 79.5 Å². The summed E-state index contributed by atoms with van der Waals surface area (Å²) in [5.74, 6) is -0.391. The van der Waals surface area contributed by atoms with Gasteiger partial charge in [0.05, 0.1) is 0 Å². The van der Waals surface area contributed by atoms with Gasteiger partial charge in [-0.15, -0.1) is 0 Å². The van der Waals surface area contributed by atoms with E-state index >= 15 is 0 Å². The van der Waals surface area contributed by atoms with Crippen LogP contribution in [-0.2, 0) is 9.53 Å². The number of nitrogens with one attached hydrogen (secondary N) is 1. The van der Waals surface area contributed by atoms with Crippen LogP contribution in [0.1, 0.15) is 58.8 Å². The van der Waals surface area contributed by atoms with Gasteiger partial charge < -0.3 is 14.6 Å². The minimum atomic E-state index is -0.600. The monoisotopic (exact) mass is 320 g/mol. The average Bonchev–Trinajstić information content (AvgIpc) is 2.79. The van der Waals surface area contributed by atoms with Gasteiger partial charge in [-0.3, -0.25) is 9.59 Å². The summed E-state index contributed by atoms with van der Waals surface area (Å²) < 4.78 is 5.13. The predicted octanol–water partition coefficient (Wildman–Crippen LogP) is 2.25. The van der Waals surface area contributed by atoms with Gasteiger partial charge in [-0.2, -0.15) is 0 Å². The normalized spacial score (nSPS) is 17.9. The highest BCUT2D eigenvalue weighted by Crippen LogP contribution is 2.19. The van der Waals surface area contributed by atoms with E-state index in [9.17, 15) is 14.4 Å². The van der Waals surface area contributed by atoms with Gasteiger partial charge in [-0.05, 0) is 45.1 Å². The largest absolute Gasteiger partial charge is 0.451 e. The van der Waals surface area contributed by atoms with E-state index in [1.807, 2.05) is 0 Å². The SMILES string of the molecule is CC(=O)c1c(C)[nH]c(C(=O)OCC(=O)N2CCC[C@H](C)C2)c1C. The van der Waals surface area contributed by atoms with Crippen LogP contribution in [0.15, 0.2) is 0 Å². The third kappa shape index (κ3) is 3.81. The lowest BCUT2D eigenvalue weighted by molar-refractivity contribution is -0.136. The average molecular weight is 320 g/mol. The number of amides is 1. The number of hydrogen-bond acceptors (Lipinski definition) is 4. The van der Waals surface area contributed by atoms with E-state index in [1.165, 1.54) is 6.92 Å². The summed E-state index contributed by atoms with van der Waals surface area (Å²) >= 11 is 0. The summed E-state index contributed by atoms with van der Waals surface area (Å²) in [4.78, 5) is 40.5. The smallest absolute Gasteiger partial charge is 0.355 e. The Bertz CT molecular complexity index is 633. The van der Waals surface area contributed by atoms with Crippen molar-refractivity contribution < 1.29 is 19.1 Å². The lowest BCUT2D eigenvalue weighted by Gasteiger charge is -2.30. The first-order valence-corrected chi connectivity index (χ1v) is 7.96. The van der Waals surface area contributed by atoms with Crippen molar-refractivity contribution in [1.82, 2.24) is 9.88 Å². The van der Waals surface area contributed by atoms with Gasteiger partial charge in [0.1, 0.15) is 5.69 Å². The standard InChI is InChI=1S/C17H24N2O4/c1-10-6-5-7-19(8-10)14(21)9-23-17(22)16-11(2)15(13(4)20)12(3)18-16/h10,18H,5-9H2,1-4H3/t10-/m0/s1. The Morgan fingerprint density at radius 2 is 2.00 bits per heavy atom. The Morgan fingerprint density at radius 3 is 2.57 bits per heavy atom. The van der Waals surface area contributed by atoms with Gasteiger partial charge in [-0.25, -0.2) is 4.79 Å². The molecule has 1 aliphatic heterocycles. The number of piperidine rings is 1. The van der Waals surface area contributed by atoms with Crippen LogP contribution in [0.4, 0.5) is 0 Å². The molecule has 1 aromatic rings. The van der Waals surface area contributed by atoms with Gasteiger partial charge in [-0.1, -0.05) is 6.92 Å². The fourth-order valence-electron chi connectivity index (χ4n) is 3.19. The second-order valence-corrected chi connectivity index (χ2v) is 6.34. The van der Waals surface area contributed by atoms with Gasteiger partial charge in [0.15, 0.2) is 12.4 Å². The molecule has 0 spiro atoms. The molecule has 1 N–H and O–H groups in total. The molecule has 0 unspecified atom stereocenters. The first-order chi connectivity index (χ1) is 10.8. The summed E-state index contributed by atoms with van der Waals surface area (Å²) in [6, 6.07) is 0. The molecule has 1 amide bonds. The predicted molar refractivity (Wildman–Crippen MR) is 85.5 cm³/mol. The van der Waals surface area contributed by atoms with Gasteiger partial charge >= 0.3 is 5.97 Å². The molecule has 1 saturated heterocycles. The van der Waals surface area contributed by atoms with E-state index in [4.69, 9.17) is 4.74 Å². The number of aryl methyl sites for hydroxylation is 1. The lowest BCUT2D eigenvalue weighted by atomic mass is 10.0. The van der Waals surface area contributed by atoms with Gasteiger partial charge in [0, 0.05) is 24.3 Å². The van der Waals surface area contributed by atoms with Crippen molar-refractivity contribution in [1.29, 1.82) is 0 Å². The van der Waals surface area contributed by atoms with Crippen LogP contribution in [-0.4, -0.2) is 47.2 Å². The van der Waals surface area contributed by atoms with Crippen molar-refractivity contribution in [2.75, 3.05) is 19.7 Å². The van der Waals surface area contributed by atoms with Crippen LogP contribution in [0.5, 0.6) is 0 Å². The zero-order valence-corrected chi connectivity index (χ0v) is 14.2. The minimum absolute atomic E-state index is 0.103. The molecule has 0 aliphatic carbocycles. The molecule has 2 heterocycles. The van der Waals surface area contributed by atoms with Crippen molar-refractivity contribution in [2.24, 2.45) is 5.92 Å². The van der Waals surface area contributed by atoms with Crippen LogP contribution in [0.2, 0.25) is 0 Å². The fraction of sp³-hybridized carbons (Fsp3) is 0.588. The van der Waals surface area contributed by atoms with E-state index in [0.717, 1.165) is 19.4 Å². The second kappa shape index (κ2) is 6.98. The summed E-state index contributed by atoms with van der Waals surface area (Å²) in [6.45, 7) is 8.17. The van der Waals surface area contributed by atoms with E-state index in [-0.39, 0.29) is 24.0 Å². The summed E-state index contributed by atoms with van der Waals surface area (Å²) in [5, 5.41) is 0. The van der Waals surface area contributed by atoms with Crippen LogP contribution < -0.4 is 0 Å². The number of H-pyrrole nitrogens is 1. The number of aromatic nitrogens is 1. The first kappa shape index (κ1) is 17.2. The number of nitrogens with zero attached hydrogens (tertiary/aromatic N) is 1. The molecular weight excluding hydrogens is 296 g/mol. The van der Waals surface area contributed by atoms with E-state index in [2.05, 4.69) is 11.9 Å². The third-order valence-electron chi connectivity index (χ3n) is 4.33. The molecule has 0 saturated carbocycles. The number of ether oxygens (including phenoxy) is 1. The van der Waals surface area contributed by atoms with Crippen LogP contribution in [0, 0.1) is 19.8 Å². The maximum Gasteiger partial charge on any atom is 0.355 e. The Balaban J connectivity index is 1.99. The van der Waals surface area contributed by atoms with Gasteiger partial charge in [0.2, 0.25) is 0 Å². The number of Topliss-reactive ketones (excluding diaryl/α,β-unsaturated/α-hetero) is 1. The number of hydrogen-bond donors (Lipinski definition) is 1. The molecule has 6 heteroatoms. The van der Waals surface area contributed by atoms with Gasteiger partial charge in [0.25, 0.3) is 5.91 Å². The highest BCUT2D eigenvalue weighted by atomic mass is 16.5. The van der Waals surface area contributed by atoms with E-state index in [0.29, 0.717) is 29.3 Å². The maximum atomic E-state index is 12.2. The Hall–Kier alpha value is -2.11. The molecule has 1 fully saturated rings. The van der Waals surface area contributed by atoms with Crippen molar-refractivity contribution in [3.63, 3.8) is 0 Å². The lowest BCUT2D eigenvalue weighted by Crippen LogP contribution is -2.41. The number of aromatic amines is 1. The molecule has 126 valence electrons. The number of esters is 1. The molecule has 23 heavy (non-hydrogen) atoms. The number of ketones is 1. The zero-order valence-electron chi connectivity index (χ0n) is 14.2. The molecule has 0 radical (unpaired) electrons. The molecule has 1 atom stereocenters. The highest BCUT2D eigenvalue weighted by molar-refractivity contribution is 6.01. The quantitative estimate of drug-likeness (QED) is 0.681. The maximum absolute atomic E-state index is 12.2. The van der Waals surface area contributed by atoms with Crippen LogP contribution in [0.3, 0.4) is 0 Å². The van der Waals surface area contributed by atoms with Crippen molar-refractivity contribution in [3.8, 4) is 0 Å². The summed E-state index contributed by atoms with van der Waals surface area (Å²) in [6.07, 6.45) is 2.11. The van der Waals surface area contributed by atoms with Crippen LogP contribution in [0.25, 0.3) is 0 Å².